The molecule has 8 rings (SSSR count). The minimum absolute atomic E-state index is 0.0245. The zero-order valence-corrected chi connectivity index (χ0v) is 21.8. The van der Waals surface area contributed by atoms with Crippen molar-refractivity contribution in [3.05, 3.63) is 58.3 Å². The highest BCUT2D eigenvalue weighted by Crippen LogP contribution is 2.69. The molecule has 38 heavy (non-hydrogen) atoms. The summed E-state index contributed by atoms with van der Waals surface area (Å²) in [7, 11) is 0. The number of likely N-dealkylation sites (tertiary alicyclic amines) is 1. The molecule has 2 aliphatic heterocycles. The third-order valence-electron chi connectivity index (χ3n) is 10.3. The summed E-state index contributed by atoms with van der Waals surface area (Å²) in [5, 5.41) is 27.9. The second-order valence-electron chi connectivity index (χ2n) is 12.3. The lowest BCUT2D eigenvalue weighted by Gasteiger charge is -2.62. The zero-order chi connectivity index (χ0) is 25.8. The van der Waals surface area contributed by atoms with Crippen LogP contribution < -0.4 is 10.1 Å². The van der Waals surface area contributed by atoms with Gasteiger partial charge in [0.25, 0.3) is 0 Å². The number of aromatic hydroxyl groups is 1. The molecule has 1 spiro atoms. The minimum Gasteiger partial charge on any atom is -0.504 e. The maximum Gasteiger partial charge on any atom is 0.219 e. The molecule has 198 valence electrons. The van der Waals surface area contributed by atoms with Crippen molar-refractivity contribution in [2.45, 2.75) is 75.0 Å². The molecule has 7 heteroatoms. The van der Waals surface area contributed by atoms with Gasteiger partial charge in [0, 0.05) is 48.4 Å². The van der Waals surface area contributed by atoms with Crippen LogP contribution in [0.1, 0.15) is 66.7 Å². The number of nitrogens with one attached hydrogen (secondary N) is 2. The highest BCUT2D eigenvalue weighted by atomic mass is 16.5. The fraction of sp³-hybridized carbons (Fsp3) is 0.516. The average molecular weight is 514 g/mol. The Morgan fingerprint density at radius 3 is 2.95 bits per heavy atom. The van der Waals surface area contributed by atoms with Gasteiger partial charge in [-0.15, -0.1) is 0 Å². The quantitative estimate of drug-likeness (QED) is 0.404. The van der Waals surface area contributed by atoms with Crippen LogP contribution in [0.2, 0.25) is 0 Å². The lowest BCUT2D eigenvalue weighted by Crippen LogP contribution is -2.74. The predicted octanol–water partition coefficient (Wildman–Crippen LogP) is 3.64. The summed E-state index contributed by atoms with van der Waals surface area (Å²) in [6.07, 6.45) is 5.65. The number of phenolic OH excluding ortho intramolecular Hbond substituents is 1. The first-order chi connectivity index (χ1) is 18.4. The summed E-state index contributed by atoms with van der Waals surface area (Å²) in [6, 6.07) is 10.3. The summed E-state index contributed by atoms with van der Waals surface area (Å²) in [4.78, 5) is 18.0. The molecule has 1 saturated carbocycles. The Morgan fingerprint density at radius 1 is 1.26 bits per heavy atom. The first-order valence-corrected chi connectivity index (χ1v) is 14.3. The van der Waals surface area contributed by atoms with Crippen molar-refractivity contribution in [3.8, 4) is 11.5 Å². The van der Waals surface area contributed by atoms with Crippen LogP contribution in [0, 0.1) is 5.92 Å². The van der Waals surface area contributed by atoms with Crippen LogP contribution in [0.25, 0.3) is 10.9 Å². The number of ether oxygens (including phenoxy) is 1. The smallest absolute Gasteiger partial charge is 0.219 e. The van der Waals surface area contributed by atoms with Crippen LogP contribution in [0.15, 0.2) is 30.3 Å². The number of carbonyl (C=O) groups is 1. The van der Waals surface area contributed by atoms with Gasteiger partial charge in [0.1, 0.15) is 0 Å². The third-order valence-corrected chi connectivity index (χ3v) is 10.3. The number of rotatable bonds is 6. The van der Waals surface area contributed by atoms with E-state index in [2.05, 4.69) is 39.5 Å². The number of nitrogens with zero attached hydrogens (tertiary/aromatic N) is 1. The molecule has 3 aromatic rings. The van der Waals surface area contributed by atoms with E-state index in [0.717, 1.165) is 71.6 Å². The molecule has 1 saturated heterocycles. The van der Waals surface area contributed by atoms with E-state index in [1.165, 1.54) is 18.4 Å². The van der Waals surface area contributed by atoms with Gasteiger partial charge in [-0.05, 0) is 79.5 Å². The normalized spacial score (nSPS) is 30.6. The predicted molar refractivity (Wildman–Crippen MR) is 144 cm³/mol. The molecule has 1 amide bonds. The van der Waals surface area contributed by atoms with Crippen molar-refractivity contribution in [3.63, 3.8) is 0 Å². The number of hydrogen-bond acceptors (Lipinski definition) is 5. The van der Waals surface area contributed by atoms with Gasteiger partial charge in [-0.3, -0.25) is 9.69 Å². The minimum atomic E-state index is -0.982. The number of aliphatic hydroxyl groups is 1. The summed E-state index contributed by atoms with van der Waals surface area (Å²) < 4.78 is 6.69. The van der Waals surface area contributed by atoms with E-state index in [4.69, 9.17) is 4.74 Å². The second kappa shape index (κ2) is 7.76. The first-order valence-electron chi connectivity index (χ1n) is 14.3. The number of fused-ring (bicyclic) bond motifs is 4. The molecule has 5 aliphatic rings. The number of carbonyl (C=O) groups excluding carboxylic acids is 1. The van der Waals surface area contributed by atoms with E-state index < -0.39 is 11.0 Å². The molecular weight excluding hydrogens is 478 g/mol. The molecule has 2 fully saturated rings. The molecule has 4 N–H and O–H groups in total. The lowest BCUT2D eigenvalue weighted by molar-refractivity contribution is -0.173. The molecule has 2 aromatic carbocycles. The van der Waals surface area contributed by atoms with Crippen LogP contribution >= 0.6 is 0 Å². The fourth-order valence-electron chi connectivity index (χ4n) is 8.30. The van der Waals surface area contributed by atoms with E-state index in [9.17, 15) is 15.0 Å². The van der Waals surface area contributed by atoms with Gasteiger partial charge in [0.15, 0.2) is 17.6 Å². The highest BCUT2D eigenvalue weighted by Gasteiger charge is 2.72. The summed E-state index contributed by atoms with van der Waals surface area (Å²) >= 11 is 0. The number of amides is 1. The number of hydrogen-bond donors (Lipinski definition) is 4. The molecule has 4 atom stereocenters. The van der Waals surface area contributed by atoms with E-state index in [0.29, 0.717) is 25.1 Å². The topological polar surface area (TPSA) is 97.8 Å². The molecular formula is C31H35N3O4. The van der Waals surface area contributed by atoms with Gasteiger partial charge in [-0.25, -0.2) is 0 Å². The first kappa shape index (κ1) is 22.9. The Labute approximate surface area is 222 Å². The molecule has 1 aromatic heterocycles. The number of aromatic amines is 1. The number of benzene rings is 2. The fourth-order valence-corrected chi connectivity index (χ4v) is 8.30. The largest absolute Gasteiger partial charge is 0.504 e. The monoisotopic (exact) mass is 513 g/mol. The molecule has 3 heterocycles. The maximum absolute atomic E-state index is 13.0. The number of aromatic nitrogens is 1. The lowest BCUT2D eigenvalue weighted by atomic mass is 9.49. The zero-order valence-electron chi connectivity index (χ0n) is 21.8. The van der Waals surface area contributed by atoms with Gasteiger partial charge in [0.05, 0.1) is 16.7 Å². The molecule has 2 bridgehead atoms. The standard InChI is InChI=1S/C31H35N3O4/c1-2-25(36)32-11-9-17-5-7-22-20(13-17)21-15-31(37)24-14-19-6-8-23(35)28-26(19)30(31,29(38-28)27(21)33-22)10-12-34(24)16-18-3-4-18/h5-8,13,18,24,29,33,35,37H,2-4,9-12,14-16H2,1H3,(H,32,36)/t24-,29+,30+,31-/m1/s1. The van der Waals surface area contributed by atoms with Crippen LogP contribution in [-0.2, 0) is 29.5 Å². The van der Waals surface area contributed by atoms with Gasteiger partial charge in [0.2, 0.25) is 5.91 Å². The molecule has 3 aliphatic carbocycles. The summed E-state index contributed by atoms with van der Waals surface area (Å²) in [6.45, 7) is 4.48. The van der Waals surface area contributed by atoms with E-state index in [1.54, 1.807) is 6.07 Å². The molecule has 0 radical (unpaired) electrons. The summed E-state index contributed by atoms with van der Waals surface area (Å²) in [5.74, 6) is 1.56. The highest BCUT2D eigenvalue weighted by molar-refractivity contribution is 5.87. The Balaban J connectivity index is 1.26. The van der Waals surface area contributed by atoms with Crippen LogP contribution in [0.4, 0.5) is 0 Å². The number of H-pyrrole nitrogens is 1. The third kappa shape index (κ3) is 2.89. The van der Waals surface area contributed by atoms with Crippen molar-refractivity contribution in [1.29, 1.82) is 0 Å². The van der Waals surface area contributed by atoms with Gasteiger partial charge >= 0.3 is 0 Å². The van der Waals surface area contributed by atoms with E-state index >= 15 is 0 Å². The average Bonchev–Trinajstić information content (AvgIpc) is 3.55. The number of phenols is 1. The van der Waals surface area contributed by atoms with Crippen molar-refractivity contribution in [2.24, 2.45) is 5.92 Å². The van der Waals surface area contributed by atoms with Gasteiger partial charge in [-0.2, -0.15) is 0 Å². The van der Waals surface area contributed by atoms with Crippen molar-refractivity contribution < 1.29 is 19.7 Å². The second-order valence-corrected chi connectivity index (χ2v) is 12.3. The van der Waals surface area contributed by atoms with Crippen molar-refractivity contribution in [2.75, 3.05) is 19.6 Å². The SMILES string of the molecule is CCC(=O)NCCc1ccc2[nH]c3c(c2c1)C[C@@]1(O)[C@H]2Cc4ccc(O)c5c4[C@@]1(CCN2CC1CC1)[C@H]3O5. The Morgan fingerprint density at radius 2 is 2.13 bits per heavy atom. The van der Waals surface area contributed by atoms with Crippen LogP contribution in [0.3, 0.4) is 0 Å². The Kier molecular flexibility index (Phi) is 4.68. The van der Waals surface area contributed by atoms with Gasteiger partial charge < -0.3 is 25.3 Å². The Bertz CT molecular complexity index is 1490. The Hall–Kier alpha value is -3.03. The molecule has 7 nitrogen and oxygen atoms in total. The van der Waals surface area contributed by atoms with Crippen LogP contribution in [0.5, 0.6) is 11.5 Å². The van der Waals surface area contributed by atoms with E-state index in [1.807, 2.05) is 6.92 Å². The van der Waals surface area contributed by atoms with Crippen molar-refractivity contribution in [1.82, 2.24) is 15.2 Å². The van der Waals surface area contributed by atoms with Gasteiger partial charge in [-0.1, -0.05) is 19.1 Å². The van der Waals surface area contributed by atoms with Crippen molar-refractivity contribution >= 4 is 16.8 Å². The molecule has 0 unspecified atom stereocenters. The van der Waals surface area contributed by atoms with Crippen LogP contribution in [-0.4, -0.2) is 57.3 Å². The maximum atomic E-state index is 13.0. The number of piperidine rings is 1. The summed E-state index contributed by atoms with van der Waals surface area (Å²) in [5.41, 5.74) is 5.09. The van der Waals surface area contributed by atoms with E-state index in [-0.39, 0.29) is 23.8 Å².